The summed E-state index contributed by atoms with van der Waals surface area (Å²) in [6, 6.07) is -0.638. The molecule has 0 aromatic heterocycles. The van der Waals surface area contributed by atoms with Gasteiger partial charge in [-0.1, -0.05) is 26.7 Å². The van der Waals surface area contributed by atoms with Crippen LogP contribution in [0.3, 0.4) is 0 Å². The van der Waals surface area contributed by atoms with E-state index in [1.165, 1.54) is 25.7 Å². The Bertz CT molecular complexity index is 378. The van der Waals surface area contributed by atoms with Crippen LogP contribution >= 0.6 is 0 Å². The maximum Gasteiger partial charge on any atom is 0.326 e. The number of nitrogens with one attached hydrogen (secondary N) is 1. The number of rotatable bonds is 5. The zero-order chi connectivity index (χ0) is 15.4. The summed E-state index contributed by atoms with van der Waals surface area (Å²) in [6.45, 7) is 4.71. The van der Waals surface area contributed by atoms with E-state index in [0.29, 0.717) is 18.4 Å². The number of carbonyl (C=O) groups is 2. The molecular weight excluding hydrogens is 268 g/mol. The highest BCUT2D eigenvalue weighted by molar-refractivity contribution is 5.82. The van der Waals surface area contributed by atoms with Crippen molar-refractivity contribution in [3.63, 3.8) is 0 Å². The van der Waals surface area contributed by atoms with Crippen LogP contribution in [0.5, 0.6) is 0 Å². The minimum absolute atomic E-state index is 0.183. The number of carbonyl (C=O) groups excluding carboxylic acids is 1. The van der Waals surface area contributed by atoms with Crippen LogP contribution in [0, 0.1) is 11.8 Å². The van der Waals surface area contributed by atoms with E-state index in [9.17, 15) is 14.7 Å². The molecule has 120 valence electrons. The summed E-state index contributed by atoms with van der Waals surface area (Å²) in [5.74, 6) is -0.0732. The van der Waals surface area contributed by atoms with Crippen LogP contribution in [0.1, 0.15) is 58.8 Å². The van der Waals surface area contributed by atoms with Crippen molar-refractivity contribution in [3.05, 3.63) is 0 Å². The lowest BCUT2D eigenvalue weighted by molar-refractivity contribution is -0.139. The van der Waals surface area contributed by atoms with Crippen molar-refractivity contribution in [3.8, 4) is 0 Å². The Morgan fingerprint density at radius 3 is 2.43 bits per heavy atom. The monoisotopic (exact) mass is 296 g/mol. The Morgan fingerprint density at radius 2 is 1.86 bits per heavy atom. The minimum Gasteiger partial charge on any atom is -0.480 e. The smallest absolute Gasteiger partial charge is 0.326 e. The van der Waals surface area contributed by atoms with E-state index < -0.39 is 12.0 Å². The number of hydrogen-bond acceptors (Lipinski definition) is 2. The highest BCUT2D eigenvalue weighted by Gasteiger charge is 2.37. The van der Waals surface area contributed by atoms with Crippen LogP contribution in [0.2, 0.25) is 0 Å². The lowest BCUT2D eigenvalue weighted by atomic mass is 9.96. The van der Waals surface area contributed by atoms with E-state index >= 15 is 0 Å². The summed E-state index contributed by atoms with van der Waals surface area (Å²) in [5, 5.41) is 12.0. The van der Waals surface area contributed by atoms with Crippen LogP contribution in [0.15, 0.2) is 0 Å². The van der Waals surface area contributed by atoms with Crippen molar-refractivity contribution in [1.29, 1.82) is 0 Å². The number of urea groups is 1. The number of nitrogens with zero attached hydrogens (tertiary/aromatic N) is 1. The molecule has 1 aliphatic carbocycles. The zero-order valence-electron chi connectivity index (χ0n) is 13.2. The summed E-state index contributed by atoms with van der Waals surface area (Å²) in [4.78, 5) is 25.6. The normalized spacial score (nSPS) is 24.5. The number of likely N-dealkylation sites (tertiary alicyclic amines) is 1. The largest absolute Gasteiger partial charge is 0.480 e. The lowest BCUT2D eigenvalue weighted by Crippen LogP contribution is -2.51. The molecule has 2 atom stereocenters. The zero-order valence-corrected chi connectivity index (χ0v) is 13.2. The summed E-state index contributed by atoms with van der Waals surface area (Å²) in [7, 11) is 0. The molecule has 2 rings (SSSR count). The maximum atomic E-state index is 12.5. The van der Waals surface area contributed by atoms with E-state index in [1.807, 2.05) is 18.7 Å². The molecule has 0 radical (unpaired) electrons. The molecule has 1 saturated heterocycles. The van der Waals surface area contributed by atoms with Crippen molar-refractivity contribution in [2.75, 3.05) is 6.54 Å². The SMILES string of the molecule is CC(C)C[C@H](NC(=O)N1CCCC1C1CCCC1)C(=O)O. The van der Waals surface area contributed by atoms with Gasteiger partial charge < -0.3 is 15.3 Å². The average Bonchev–Trinajstić information content (AvgIpc) is 3.07. The van der Waals surface area contributed by atoms with E-state index in [1.54, 1.807) is 0 Å². The first kappa shape index (κ1) is 16.1. The third-order valence-electron chi connectivity index (χ3n) is 4.81. The number of carboxylic acids is 1. The second kappa shape index (κ2) is 7.14. The second-order valence-electron chi connectivity index (χ2n) is 6.92. The molecule has 5 heteroatoms. The number of hydrogen-bond donors (Lipinski definition) is 2. The lowest BCUT2D eigenvalue weighted by Gasteiger charge is -2.30. The van der Waals surface area contributed by atoms with Crippen molar-refractivity contribution in [2.45, 2.75) is 70.9 Å². The first-order valence-electron chi connectivity index (χ1n) is 8.29. The summed E-state index contributed by atoms with van der Waals surface area (Å²) in [5.41, 5.74) is 0. The van der Waals surface area contributed by atoms with Crippen molar-refractivity contribution >= 4 is 12.0 Å². The topological polar surface area (TPSA) is 69.6 Å². The van der Waals surface area contributed by atoms with Gasteiger partial charge in [0.2, 0.25) is 0 Å². The Labute approximate surface area is 127 Å². The van der Waals surface area contributed by atoms with E-state index in [2.05, 4.69) is 5.32 Å². The highest BCUT2D eigenvalue weighted by atomic mass is 16.4. The predicted molar refractivity (Wildman–Crippen MR) is 81.1 cm³/mol. The molecule has 1 aliphatic heterocycles. The van der Waals surface area contributed by atoms with Gasteiger partial charge in [0.25, 0.3) is 0 Å². The third kappa shape index (κ3) is 4.11. The summed E-state index contributed by atoms with van der Waals surface area (Å²) < 4.78 is 0. The van der Waals surface area contributed by atoms with Crippen LogP contribution < -0.4 is 5.32 Å². The number of amides is 2. The van der Waals surface area contributed by atoms with E-state index in [-0.39, 0.29) is 11.9 Å². The van der Waals surface area contributed by atoms with Gasteiger partial charge in [0.1, 0.15) is 6.04 Å². The molecule has 5 nitrogen and oxygen atoms in total. The standard InChI is InChI=1S/C16H28N2O3/c1-11(2)10-13(15(19)20)17-16(21)18-9-5-8-14(18)12-6-3-4-7-12/h11-14H,3-10H2,1-2H3,(H,17,21)(H,19,20)/t13-,14?/m0/s1. The molecule has 21 heavy (non-hydrogen) atoms. The van der Waals surface area contributed by atoms with Crippen molar-refractivity contribution in [1.82, 2.24) is 10.2 Å². The van der Waals surface area contributed by atoms with Crippen LogP contribution in [0.4, 0.5) is 4.79 Å². The fraction of sp³-hybridized carbons (Fsp3) is 0.875. The van der Waals surface area contributed by atoms with Crippen LogP contribution in [-0.2, 0) is 4.79 Å². The Balaban J connectivity index is 1.95. The minimum atomic E-state index is -0.936. The predicted octanol–water partition coefficient (Wildman–Crippen LogP) is 2.85. The molecule has 0 bridgehead atoms. The fourth-order valence-corrected chi connectivity index (χ4v) is 3.80. The highest BCUT2D eigenvalue weighted by Crippen LogP contribution is 2.35. The molecule has 1 heterocycles. The Kier molecular flexibility index (Phi) is 5.48. The number of carboxylic acid groups (broad SMARTS) is 1. The molecule has 2 fully saturated rings. The first-order valence-corrected chi connectivity index (χ1v) is 8.29. The van der Waals surface area contributed by atoms with Gasteiger partial charge in [-0.15, -0.1) is 0 Å². The van der Waals surface area contributed by atoms with Crippen molar-refractivity contribution < 1.29 is 14.7 Å². The van der Waals surface area contributed by atoms with Gasteiger partial charge in [-0.05, 0) is 43.9 Å². The van der Waals surface area contributed by atoms with Gasteiger partial charge in [0, 0.05) is 12.6 Å². The quantitative estimate of drug-likeness (QED) is 0.819. The Hall–Kier alpha value is -1.26. The molecule has 0 spiro atoms. The molecular formula is C16H28N2O3. The average molecular weight is 296 g/mol. The first-order chi connectivity index (χ1) is 9.99. The summed E-state index contributed by atoms with van der Waals surface area (Å²) >= 11 is 0. The van der Waals surface area contributed by atoms with E-state index in [4.69, 9.17) is 0 Å². The second-order valence-corrected chi connectivity index (χ2v) is 6.92. The third-order valence-corrected chi connectivity index (χ3v) is 4.81. The molecule has 2 N–H and O–H groups in total. The molecule has 1 unspecified atom stereocenters. The van der Waals surface area contributed by atoms with Crippen LogP contribution in [-0.4, -0.2) is 40.6 Å². The molecule has 0 aromatic rings. The fourth-order valence-electron chi connectivity index (χ4n) is 3.80. The van der Waals surface area contributed by atoms with Gasteiger partial charge in [0.15, 0.2) is 0 Å². The van der Waals surface area contributed by atoms with Gasteiger partial charge in [-0.3, -0.25) is 0 Å². The van der Waals surface area contributed by atoms with Gasteiger partial charge >= 0.3 is 12.0 Å². The van der Waals surface area contributed by atoms with Crippen LogP contribution in [0.25, 0.3) is 0 Å². The van der Waals surface area contributed by atoms with Gasteiger partial charge in [-0.25, -0.2) is 9.59 Å². The molecule has 1 saturated carbocycles. The molecule has 2 amide bonds. The molecule has 2 aliphatic rings. The molecule has 0 aromatic carbocycles. The summed E-state index contributed by atoms with van der Waals surface area (Å²) in [6.07, 6.45) is 7.54. The maximum absolute atomic E-state index is 12.5. The van der Waals surface area contributed by atoms with Gasteiger partial charge in [0.05, 0.1) is 0 Å². The van der Waals surface area contributed by atoms with Crippen molar-refractivity contribution in [2.24, 2.45) is 11.8 Å². The Morgan fingerprint density at radius 1 is 1.19 bits per heavy atom. The number of aliphatic carboxylic acids is 1. The van der Waals surface area contributed by atoms with Gasteiger partial charge in [-0.2, -0.15) is 0 Å². The van der Waals surface area contributed by atoms with E-state index in [0.717, 1.165) is 19.4 Å².